The van der Waals surface area contributed by atoms with Crippen molar-refractivity contribution in [2.24, 2.45) is 0 Å². The summed E-state index contributed by atoms with van der Waals surface area (Å²) in [7, 11) is 1.53. The Morgan fingerprint density at radius 1 is 1.10 bits per heavy atom. The summed E-state index contributed by atoms with van der Waals surface area (Å²) >= 11 is 0. The van der Waals surface area contributed by atoms with Gasteiger partial charge >= 0.3 is 0 Å². The zero-order valence-corrected chi connectivity index (χ0v) is 11.4. The van der Waals surface area contributed by atoms with Crippen molar-refractivity contribution in [1.82, 2.24) is 10.6 Å². The summed E-state index contributed by atoms with van der Waals surface area (Å²) < 4.78 is 17.5. The lowest BCUT2D eigenvalue weighted by molar-refractivity contribution is -0.123. The van der Waals surface area contributed by atoms with E-state index in [1.807, 2.05) is 0 Å². The van der Waals surface area contributed by atoms with Crippen LogP contribution in [0, 0.1) is 5.82 Å². The monoisotopic (exact) mass is 282 g/mol. The van der Waals surface area contributed by atoms with E-state index in [2.05, 4.69) is 10.6 Å². The van der Waals surface area contributed by atoms with Gasteiger partial charge in [0.15, 0.2) is 0 Å². The molecule has 0 bridgehead atoms. The number of ether oxygens (including phenoxy) is 1. The number of halogens is 1. The molecule has 2 N–H and O–H groups in total. The van der Waals surface area contributed by atoms with Crippen LogP contribution in [0.15, 0.2) is 24.3 Å². The van der Waals surface area contributed by atoms with Gasteiger partial charge in [-0.1, -0.05) is 12.1 Å². The molecule has 0 aliphatic heterocycles. The number of rotatable bonds is 8. The smallest absolute Gasteiger partial charge is 0.224 e. The van der Waals surface area contributed by atoms with E-state index in [0.29, 0.717) is 26.1 Å². The van der Waals surface area contributed by atoms with Gasteiger partial charge in [0.2, 0.25) is 11.8 Å². The minimum absolute atomic E-state index is 0.111. The largest absolute Gasteiger partial charge is 0.384 e. The zero-order valence-electron chi connectivity index (χ0n) is 11.4. The van der Waals surface area contributed by atoms with Crippen LogP contribution in [0.1, 0.15) is 12.0 Å². The lowest BCUT2D eigenvalue weighted by atomic mass is 10.1. The molecule has 0 aliphatic rings. The van der Waals surface area contributed by atoms with Crippen LogP contribution >= 0.6 is 0 Å². The molecule has 0 aromatic heterocycles. The van der Waals surface area contributed by atoms with Crippen LogP contribution in [0.5, 0.6) is 0 Å². The molecule has 0 spiro atoms. The molecule has 2 amide bonds. The Morgan fingerprint density at radius 3 is 2.30 bits per heavy atom. The van der Waals surface area contributed by atoms with E-state index in [-0.39, 0.29) is 24.1 Å². The highest BCUT2D eigenvalue weighted by Gasteiger charge is 2.04. The number of hydrogen-bond acceptors (Lipinski definition) is 3. The van der Waals surface area contributed by atoms with Crippen LogP contribution in [0.25, 0.3) is 0 Å². The van der Waals surface area contributed by atoms with Gasteiger partial charge in [-0.2, -0.15) is 0 Å². The number of methoxy groups -OCH3 is 1. The van der Waals surface area contributed by atoms with E-state index in [0.717, 1.165) is 5.56 Å². The van der Waals surface area contributed by atoms with E-state index < -0.39 is 0 Å². The van der Waals surface area contributed by atoms with E-state index in [1.165, 1.54) is 19.2 Å². The summed E-state index contributed by atoms with van der Waals surface area (Å²) in [6, 6.07) is 5.78. The Morgan fingerprint density at radius 2 is 1.70 bits per heavy atom. The molecule has 20 heavy (non-hydrogen) atoms. The molecule has 0 radical (unpaired) electrons. The normalized spacial score (nSPS) is 10.1. The molecule has 110 valence electrons. The number of carbonyl (C=O) groups is 2. The molecule has 0 atom stereocenters. The molecule has 6 heteroatoms. The van der Waals surface area contributed by atoms with Gasteiger partial charge in [-0.3, -0.25) is 9.59 Å². The van der Waals surface area contributed by atoms with Crippen molar-refractivity contribution < 1.29 is 18.7 Å². The topological polar surface area (TPSA) is 67.4 Å². The molecule has 1 aromatic rings. The fraction of sp³-hybridized carbons (Fsp3) is 0.429. The number of amides is 2. The standard InChI is InChI=1S/C14H19FN2O3/c1-20-9-6-13(18)16-7-8-17-14(19)10-11-2-4-12(15)5-3-11/h2-5H,6-10H2,1H3,(H,16,18)(H,17,19). The third-order valence-electron chi connectivity index (χ3n) is 2.58. The minimum atomic E-state index is -0.326. The van der Waals surface area contributed by atoms with Gasteiger partial charge in [0.1, 0.15) is 5.82 Å². The second kappa shape index (κ2) is 9.03. The van der Waals surface area contributed by atoms with Gasteiger partial charge in [-0.05, 0) is 17.7 Å². The molecule has 0 saturated heterocycles. The fourth-order valence-electron chi connectivity index (χ4n) is 1.54. The predicted octanol–water partition coefficient (Wildman–Crippen LogP) is 0.637. The molecule has 1 rings (SSSR count). The average Bonchev–Trinajstić information content (AvgIpc) is 2.44. The van der Waals surface area contributed by atoms with Crippen molar-refractivity contribution in [2.45, 2.75) is 12.8 Å². The highest BCUT2D eigenvalue weighted by Crippen LogP contribution is 2.03. The van der Waals surface area contributed by atoms with Crippen molar-refractivity contribution in [2.75, 3.05) is 26.8 Å². The molecular weight excluding hydrogens is 263 g/mol. The molecule has 0 fully saturated rings. The van der Waals surface area contributed by atoms with E-state index in [9.17, 15) is 14.0 Å². The predicted molar refractivity (Wildman–Crippen MR) is 72.6 cm³/mol. The Labute approximate surface area is 117 Å². The quantitative estimate of drug-likeness (QED) is 0.688. The maximum atomic E-state index is 12.7. The van der Waals surface area contributed by atoms with Crippen molar-refractivity contribution >= 4 is 11.8 Å². The molecule has 0 unspecified atom stereocenters. The highest BCUT2D eigenvalue weighted by molar-refractivity contribution is 5.78. The lowest BCUT2D eigenvalue weighted by Gasteiger charge is -2.07. The minimum Gasteiger partial charge on any atom is -0.384 e. The number of nitrogens with one attached hydrogen (secondary N) is 2. The Hall–Kier alpha value is -1.95. The summed E-state index contributed by atoms with van der Waals surface area (Å²) in [6.07, 6.45) is 0.498. The summed E-state index contributed by atoms with van der Waals surface area (Å²) in [4.78, 5) is 22.8. The summed E-state index contributed by atoms with van der Waals surface area (Å²) in [5, 5.41) is 5.34. The molecule has 1 aromatic carbocycles. The van der Waals surface area contributed by atoms with Crippen molar-refractivity contribution in [3.63, 3.8) is 0 Å². The third-order valence-corrected chi connectivity index (χ3v) is 2.58. The van der Waals surface area contributed by atoms with Crippen LogP contribution in [0.4, 0.5) is 4.39 Å². The number of benzene rings is 1. The van der Waals surface area contributed by atoms with Crippen molar-refractivity contribution in [3.05, 3.63) is 35.6 Å². The number of carbonyl (C=O) groups excluding carboxylic acids is 2. The first-order chi connectivity index (χ1) is 9.61. The van der Waals surface area contributed by atoms with Gasteiger partial charge in [-0.25, -0.2) is 4.39 Å². The molecule has 0 heterocycles. The average molecular weight is 282 g/mol. The lowest BCUT2D eigenvalue weighted by Crippen LogP contribution is -2.35. The third kappa shape index (κ3) is 6.84. The summed E-state index contributed by atoms with van der Waals surface area (Å²) in [5.41, 5.74) is 0.744. The van der Waals surface area contributed by atoms with Crippen molar-refractivity contribution in [1.29, 1.82) is 0 Å². The van der Waals surface area contributed by atoms with Gasteiger partial charge in [-0.15, -0.1) is 0 Å². The molecular formula is C14H19FN2O3. The molecule has 0 aliphatic carbocycles. The first kappa shape index (κ1) is 16.1. The zero-order chi connectivity index (χ0) is 14.8. The van der Waals surface area contributed by atoms with Gasteiger partial charge in [0.05, 0.1) is 13.0 Å². The van der Waals surface area contributed by atoms with Crippen LogP contribution in [0.2, 0.25) is 0 Å². The number of hydrogen-bond donors (Lipinski definition) is 2. The maximum absolute atomic E-state index is 12.7. The van der Waals surface area contributed by atoms with Crippen molar-refractivity contribution in [3.8, 4) is 0 Å². The van der Waals surface area contributed by atoms with Gasteiger partial charge in [0.25, 0.3) is 0 Å². The molecule has 0 saturated carbocycles. The summed E-state index contributed by atoms with van der Waals surface area (Å²) in [5.74, 6) is -0.602. The first-order valence-corrected chi connectivity index (χ1v) is 6.38. The molecule has 5 nitrogen and oxygen atoms in total. The second-order valence-electron chi connectivity index (χ2n) is 4.25. The van der Waals surface area contributed by atoms with Crippen LogP contribution < -0.4 is 10.6 Å². The first-order valence-electron chi connectivity index (χ1n) is 6.38. The summed E-state index contributed by atoms with van der Waals surface area (Å²) in [6.45, 7) is 1.11. The van der Waals surface area contributed by atoms with E-state index in [4.69, 9.17) is 4.74 Å². The van der Waals surface area contributed by atoms with E-state index in [1.54, 1.807) is 12.1 Å². The fourth-order valence-corrected chi connectivity index (χ4v) is 1.54. The van der Waals surface area contributed by atoms with Gasteiger partial charge < -0.3 is 15.4 Å². The maximum Gasteiger partial charge on any atom is 0.224 e. The Bertz CT molecular complexity index is 435. The highest BCUT2D eigenvalue weighted by atomic mass is 19.1. The van der Waals surface area contributed by atoms with Gasteiger partial charge in [0, 0.05) is 26.6 Å². The Kier molecular flexibility index (Phi) is 7.27. The second-order valence-corrected chi connectivity index (χ2v) is 4.25. The van der Waals surface area contributed by atoms with E-state index >= 15 is 0 Å². The Balaban J connectivity index is 2.14. The SMILES string of the molecule is COCCC(=O)NCCNC(=O)Cc1ccc(F)cc1. The van der Waals surface area contributed by atoms with Crippen LogP contribution in [-0.4, -0.2) is 38.6 Å². The van der Waals surface area contributed by atoms with Crippen LogP contribution in [0.3, 0.4) is 0 Å². The van der Waals surface area contributed by atoms with Crippen LogP contribution in [-0.2, 0) is 20.7 Å².